The second-order valence-electron chi connectivity index (χ2n) is 5.80. The van der Waals surface area contributed by atoms with E-state index in [-0.39, 0.29) is 0 Å². The number of Topliss-reactive ketones (excluding diaryl/α,β-unsaturated/α-hetero) is 1. The summed E-state index contributed by atoms with van der Waals surface area (Å²) < 4.78 is 0. The minimum atomic E-state index is 0.349. The molecule has 0 aliphatic heterocycles. The minimum absolute atomic E-state index is 0.349. The molecule has 0 bridgehead atoms. The highest BCUT2D eigenvalue weighted by Gasteiger charge is 2.29. The normalized spacial score (nSPS) is 27.6. The number of carbonyl (C=O) groups is 1. The van der Waals surface area contributed by atoms with Crippen molar-refractivity contribution in [2.45, 2.75) is 59.8 Å². The van der Waals surface area contributed by atoms with Crippen LogP contribution >= 0.6 is 0 Å². The van der Waals surface area contributed by atoms with Crippen LogP contribution in [-0.4, -0.2) is 5.78 Å². The molecule has 0 spiro atoms. The maximum atomic E-state index is 11.9. The number of carbonyl (C=O) groups excluding carboxylic acids is 1. The fraction of sp³-hybridized carbons (Fsp3) is 0.800. The van der Waals surface area contributed by atoms with Crippen molar-refractivity contribution < 1.29 is 4.79 Å². The van der Waals surface area contributed by atoms with E-state index in [1.165, 1.54) is 12.0 Å². The zero-order valence-corrected chi connectivity index (χ0v) is 11.3. The molecular weight excluding hydrogens is 196 g/mol. The molecule has 0 amide bonds. The molecule has 16 heavy (non-hydrogen) atoms. The van der Waals surface area contributed by atoms with Gasteiger partial charge in [-0.2, -0.15) is 0 Å². The largest absolute Gasteiger partial charge is 0.299 e. The third-order valence-electron chi connectivity index (χ3n) is 3.80. The first-order chi connectivity index (χ1) is 7.50. The first-order valence-corrected chi connectivity index (χ1v) is 6.66. The standard InChI is InChI=1S/C15H26O/c1-11(2)6-5-7-13(4)14-9-8-12(3)10-15(14)16/h6,12-14H,5,7-10H2,1-4H3/t12-,13-,14+/m1/s1. The molecular formula is C15H26O. The van der Waals surface area contributed by atoms with Gasteiger partial charge in [0.1, 0.15) is 5.78 Å². The highest BCUT2D eigenvalue weighted by atomic mass is 16.1. The molecule has 92 valence electrons. The Kier molecular flexibility index (Phi) is 5.24. The number of hydrogen-bond donors (Lipinski definition) is 0. The van der Waals surface area contributed by atoms with Crippen LogP contribution in [0.25, 0.3) is 0 Å². The molecule has 1 nitrogen and oxygen atoms in total. The van der Waals surface area contributed by atoms with E-state index in [0.717, 1.165) is 25.7 Å². The van der Waals surface area contributed by atoms with Gasteiger partial charge in [-0.3, -0.25) is 4.79 Å². The highest BCUT2D eigenvalue weighted by molar-refractivity contribution is 5.82. The third-order valence-corrected chi connectivity index (χ3v) is 3.80. The lowest BCUT2D eigenvalue weighted by molar-refractivity contribution is -0.127. The molecule has 3 atom stereocenters. The Morgan fingerprint density at radius 3 is 2.69 bits per heavy atom. The zero-order valence-electron chi connectivity index (χ0n) is 11.3. The molecule has 0 heterocycles. The number of rotatable bonds is 4. The molecule has 0 radical (unpaired) electrons. The molecule has 1 fully saturated rings. The van der Waals surface area contributed by atoms with Crippen molar-refractivity contribution in [3.05, 3.63) is 11.6 Å². The first-order valence-electron chi connectivity index (χ1n) is 6.66. The summed E-state index contributed by atoms with van der Waals surface area (Å²) in [5.74, 6) is 2.05. The van der Waals surface area contributed by atoms with Crippen LogP contribution in [0.1, 0.15) is 59.8 Å². The van der Waals surface area contributed by atoms with Gasteiger partial charge in [0, 0.05) is 12.3 Å². The van der Waals surface area contributed by atoms with E-state index in [2.05, 4.69) is 33.8 Å². The van der Waals surface area contributed by atoms with E-state index in [4.69, 9.17) is 0 Å². The van der Waals surface area contributed by atoms with Crippen LogP contribution in [0.2, 0.25) is 0 Å². The van der Waals surface area contributed by atoms with Crippen LogP contribution in [0.15, 0.2) is 11.6 Å². The second kappa shape index (κ2) is 6.22. The Balaban J connectivity index is 2.39. The van der Waals surface area contributed by atoms with Gasteiger partial charge in [0.05, 0.1) is 0 Å². The Labute approximate surface area is 100 Å². The van der Waals surface area contributed by atoms with Crippen LogP contribution in [0.4, 0.5) is 0 Å². The van der Waals surface area contributed by atoms with Gasteiger partial charge in [-0.25, -0.2) is 0 Å². The molecule has 0 aromatic rings. The van der Waals surface area contributed by atoms with E-state index >= 15 is 0 Å². The minimum Gasteiger partial charge on any atom is -0.299 e. The Morgan fingerprint density at radius 2 is 2.12 bits per heavy atom. The van der Waals surface area contributed by atoms with Crippen molar-refractivity contribution in [2.24, 2.45) is 17.8 Å². The average Bonchev–Trinajstić information content (AvgIpc) is 2.16. The van der Waals surface area contributed by atoms with Gasteiger partial charge < -0.3 is 0 Å². The van der Waals surface area contributed by atoms with Crippen molar-refractivity contribution in [2.75, 3.05) is 0 Å². The smallest absolute Gasteiger partial charge is 0.136 e. The quantitative estimate of drug-likeness (QED) is 0.645. The predicted octanol–water partition coefficient (Wildman–Crippen LogP) is 4.37. The van der Waals surface area contributed by atoms with Gasteiger partial charge in [0.15, 0.2) is 0 Å². The molecule has 0 unspecified atom stereocenters. The Morgan fingerprint density at radius 1 is 1.44 bits per heavy atom. The fourth-order valence-electron chi connectivity index (χ4n) is 2.66. The summed E-state index contributed by atoms with van der Waals surface area (Å²) in [6.45, 7) is 8.72. The van der Waals surface area contributed by atoms with Gasteiger partial charge in [-0.05, 0) is 51.4 Å². The Bertz CT molecular complexity index is 261. The second-order valence-corrected chi connectivity index (χ2v) is 5.80. The van der Waals surface area contributed by atoms with Gasteiger partial charge >= 0.3 is 0 Å². The van der Waals surface area contributed by atoms with Crippen molar-refractivity contribution in [1.82, 2.24) is 0 Å². The van der Waals surface area contributed by atoms with Crippen LogP contribution in [0.5, 0.6) is 0 Å². The fourth-order valence-corrected chi connectivity index (χ4v) is 2.66. The number of allylic oxidation sites excluding steroid dienone is 2. The molecule has 0 saturated heterocycles. The monoisotopic (exact) mass is 222 g/mol. The van der Waals surface area contributed by atoms with Crippen LogP contribution in [0.3, 0.4) is 0 Å². The number of hydrogen-bond acceptors (Lipinski definition) is 1. The summed E-state index contributed by atoms with van der Waals surface area (Å²) in [4.78, 5) is 11.9. The molecule has 0 N–H and O–H groups in total. The maximum absolute atomic E-state index is 11.9. The zero-order chi connectivity index (χ0) is 12.1. The van der Waals surface area contributed by atoms with Crippen molar-refractivity contribution in [3.63, 3.8) is 0 Å². The first kappa shape index (κ1) is 13.5. The molecule has 1 saturated carbocycles. The van der Waals surface area contributed by atoms with E-state index in [1.54, 1.807) is 0 Å². The van der Waals surface area contributed by atoms with Gasteiger partial charge in [-0.15, -0.1) is 0 Å². The maximum Gasteiger partial charge on any atom is 0.136 e. The van der Waals surface area contributed by atoms with E-state index in [0.29, 0.717) is 23.5 Å². The summed E-state index contributed by atoms with van der Waals surface area (Å²) in [6.07, 6.45) is 7.75. The SMILES string of the molecule is CC(C)=CCC[C@@H](C)[C@@H]1CC[C@@H](C)CC1=O. The Hall–Kier alpha value is -0.590. The summed E-state index contributed by atoms with van der Waals surface area (Å²) in [5.41, 5.74) is 1.38. The van der Waals surface area contributed by atoms with Gasteiger partial charge in [0.2, 0.25) is 0 Å². The predicted molar refractivity (Wildman–Crippen MR) is 69.3 cm³/mol. The van der Waals surface area contributed by atoms with Crippen LogP contribution < -0.4 is 0 Å². The number of ketones is 1. The lowest BCUT2D eigenvalue weighted by atomic mass is 9.75. The van der Waals surface area contributed by atoms with E-state index in [1.807, 2.05) is 0 Å². The topological polar surface area (TPSA) is 17.1 Å². The van der Waals surface area contributed by atoms with Crippen LogP contribution in [0, 0.1) is 17.8 Å². The molecule has 1 aliphatic carbocycles. The van der Waals surface area contributed by atoms with E-state index < -0.39 is 0 Å². The van der Waals surface area contributed by atoms with Crippen LogP contribution in [-0.2, 0) is 4.79 Å². The summed E-state index contributed by atoms with van der Waals surface area (Å²) in [7, 11) is 0. The summed E-state index contributed by atoms with van der Waals surface area (Å²) in [6, 6.07) is 0. The molecule has 0 aromatic heterocycles. The molecule has 0 aromatic carbocycles. The van der Waals surface area contributed by atoms with E-state index in [9.17, 15) is 4.79 Å². The lowest BCUT2D eigenvalue weighted by Gasteiger charge is -2.29. The molecule has 1 rings (SSSR count). The summed E-state index contributed by atoms with van der Waals surface area (Å²) in [5, 5.41) is 0. The van der Waals surface area contributed by atoms with Crippen molar-refractivity contribution in [1.29, 1.82) is 0 Å². The third kappa shape index (κ3) is 4.11. The van der Waals surface area contributed by atoms with Crippen molar-refractivity contribution in [3.8, 4) is 0 Å². The lowest BCUT2D eigenvalue weighted by Crippen LogP contribution is -2.28. The molecule has 1 heteroatoms. The summed E-state index contributed by atoms with van der Waals surface area (Å²) >= 11 is 0. The highest BCUT2D eigenvalue weighted by Crippen LogP contribution is 2.32. The van der Waals surface area contributed by atoms with Gasteiger partial charge in [-0.1, -0.05) is 25.5 Å². The molecule has 1 aliphatic rings. The van der Waals surface area contributed by atoms with Crippen molar-refractivity contribution >= 4 is 5.78 Å². The van der Waals surface area contributed by atoms with Gasteiger partial charge in [0.25, 0.3) is 0 Å². The average molecular weight is 222 g/mol.